The fraction of sp³-hybridized carbons (Fsp3) is 0.357. The van der Waals surface area contributed by atoms with Crippen molar-refractivity contribution in [3.05, 3.63) is 40.8 Å². The maximum atomic E-state index is 11.9. The number of nitrogens with zero attached hydrogens (tertiary/aromatic N) is 3. The summed E-state index contributed by atoms with van der Waals surface area (Å²) in [5.74, 6) is 0.0259. The molecule has 2 heterocycles. The van der Waals surface area contributed by atoms with Crippen LogP contribution in [-0.2, 0) is 17.9 Å². The average molecular weight is 310 g/mol. The molecule has 0 saturated carbocycles. The van der Waals surface area contributed by atoms with Gasteiger partial charge in [-0.1, -0.05) is 11.6 Å². The topological polar surface area (TPSA) is 66.2 Å². The van der Waals surface area contributed by atoms with Crippen molar-refractivity contribution >= 4 is 17.6 Å². The summed E-state index contributed by atoms with van der Waals surface area (Å²) in [6.07, 6.45) is 3.00. The molecule has 112 valence electrons. The standard InChI is InChI=1S/C14H16ClN3O3/c1-3-18-12(11(8-17-18)14(19)20-4-2)9-21-13-6-5-10(15)7-16-13/h5-8H,3-4,9H2,1-2H3. The minimum absolute atomic E-state index is 0.177. The van der Waals surface area contributed by atoms with E-state index in [1.165, 1.54) is 12.4 Å². The summed E-state index contributed by atoms with van der Waals surface area (Å²) in [6, 6.07) is 3.35. The van der Waals surface area contributed by atoms with Crippen molar-refractivity contribution in [1.29, 1.82) is 0 Å². The van der Waals surface area contributed by atoms with Crippen molar-refractivity contribution in [1.82, 2.24) is 14.8 Å². The molecular formula is C14H16ClN3O3. The van der Waals surface area contributed by atoms with Crippen LogP contribution >= 0.6 is 11.6 Å². The Bertz CT molecular complexity index is 610. The molecule has 0 aliphatic carbocycles. The number of ether oxygens (including phenoxy) is 2. The van der Waals surface area contributed by atoms with Gasteiger partial charge in [0, 0.05) is 18.8 Å². The lowest BCUT2D eigenvalue weighted by atomic mass is 10.2. The number of carbonyl (C=O) groups excluding carboxylic acids is 1. The van der Waals surface area contributed by atoms with E-state index in [9.17, 15) is 4.79 Å². The third-order valence-corrected chi connectivity index (χ3v) is 3.02. The minimum atomic E-state index is -0.403. The van der Waals surface area contributed by atoms with Crippen LogP contribution in [0.15, 0.2) is 24.5 Å². The second-order valence-electron chi connectivity index (χ2n) is 4.14. The summed E-state index contributed by atoms with van der Waals surface area (Å²) < 4.78 is 12.3. The molecule has 0 aliphatic rings. The smallest absolute Gasteiger partial charge is 0.341 e. The van der Waals surface area contributed by atoms with Gasteiger partial charge in [-0.2, -0.15) is 5.10 Å². The molecule has 0 aromatic carbocycles. The maximum absolute atomic E-state index is 11.9. The van der Waals surface area contributed by atoms with Crippen molar-refractivity contribution in [2.45, 2.75) is 27.0 Å². The number of aromatic nitrogens is 3. The van der Waals surface area contributed by atoms with Crippen molar-refractivity contribution in [3.63, 3.8) is 0 Å². The van der Waals surface area contributed by atoms with Crippen LogP contribution in [0.4, 0.5) is 0 Å². The first-order valence-corrected chi connectivity index (χ1v) is 6.99. The van der Waals surface area contributed by atoms with Crippen molar-refractivity contribution in [3.8, 4) is 5.88 Å². The molecule has 21 heavy (non-hydrogen) atoms. The molecule has 0 unspecified atom stereocenters. The maximum Gasteiger partial charge on any atom is 0.341 e. The fourth-order valence-electron chi connectivity index (χ4n) is 1.80. The van der Waals surface area contributed by atoms with E-state index in [1.807, 2.05) is 6.92 Å². The van der Waals surface area contributed by atoms with Crippen molar-refractivity contribution in [2.24, 2.45) is 0 Å². The van der Waals surface area contributed by atoms with Gasteiger partial charge >= 0.3 is 5.97 Å². The number of rotatable bonds is 6. The number of pyridine rings is 1. The zero-order valence-electron chi connectivity index (χ0n) is 11.9. The average Bonchev–Trinajstić information content (AvgIpc) is 2.90. The minimum Gasteiger partial charge on any atom is -0.471 e. The Morgan fingerprint density at radius 1 is 1.33 bits per heavy atom. The summed E-state index contributed by atoms with van der Waals surface area (Å²) >= 11 is 5.77. The number of hydrogen-bond donors (Lipinski definition) is 0. The van der Waals surface area contributed by atoms with Crippen LogP contribution < -0.4 is 4.74 Å². The Morgan fingerprint density at radius 2 is 2.14 bits per heavy atom. The van der Waals surface area contributed by atoms with Gasteiger partial charge in [0.1, 0.15) is 12.2 Å². The van der Waals surface area contributed by atoms with Gasteiger partial charge in [0.25, 0.3) is 0 Å². The molecule has 2 aromatic heterocycles. The molecule has 2 rings (SSSR count). The van der Waals surface area contributed by atoms with Crippen LogP contribution in [0.1, 0.15) is 29.9 Å². The highest BCUT2D eigenvalue weighted by Crippen LogP contribution is 2.16. The van der Waals surface area contributed by atoms with Crippen LogP contribution in [0.5, 0.6) is 5.88 Å². The molecule has 0 N–H and O–H groups in total. The lowest BCUT2D eigenvalue weighted by Gasteiger charge is -2.09. The van der Waals surface area contributed by atoms with Crippen molar-refractivity contribution < 1.29 is 14.3 Å². The molecule has 7 heteroatoms. The van der Waals surface area contributed by atoms with Gasteiger partial charge in [-0.25, -0.2) is 9.78 Å². The Kier molecular flexibility index (Phi) is 5.16. The van der Waals surface area contributed by atoms with Crippen LogP contribution in [0, 0.1) is 0 Å². The zero-order chi connectivity index (χ0) is 15.2. The monoisotopic (exact) mass is 309 g/mol. The lowest BCUT2D eigenvalue weighted by Crippen LogP contribution is -2.12. The molecule has 0 amide bonds. The lowest BCUT2D eigenvalue weighted by molar-refractivity contribution is 0.0523. The Labute approximate surface area is 127 Å². The number of halogens is 1. The number of hydrogen-bond acceptors (Lipinski definition) is 5. The highest BCUT2D eigenvalue weighted by molar-refractivity contribution is 6.30. The molecule has 0 spiro atoms. The highest BCUT2D eigenvalue weighted by Gasteiger charge is 2.18. The van der Waals surface area contributed by atoms with Gasteiger partial charge in [0.05, 0.1) is 23.5 Å². The summed E-state index contributed by atoms with van der Waals surface area (Å²) in [5, 5.41) is 4.69. The van der Waals surface area contributed by atoms with E-state index >= 15 is 0 Å². The third-order valence-electron chi connectivity index (χ3n) is 2.80. The molecule has 0 bridgehead atoms. The van der Waals surface area contributed by atoms with Gasteiger partial charge < -0.3 is 9.47 Å². The zero-order valence-corrected chi connectivity index (χ0v) is 12.6. The summed E-state index contributed by atoms with van der Waals surface area (Å²) in [5.41, 5.74) is 1.07. The molecular weight excluding hydrogens is 294 g/mol. The third kappa shape index (κ3) is 3.72. The summed E-state index contributed by atoms with van der Waals surface area (Å²) in [7, 11) is 0. The normalized spacial score (nSPS) is 10.4. The Hall–Kier alpha value is -2.08. The SMILES string of the molecule is CCOC(=O)c1cnn(CC)c1COc1ccc(Cl)cn1. The second-order valence-corrected chi connectivity index (χ2v) is 4.58. The fourth-order valence-corrected chi connectivity index (χ4v) is 1.92. The van der Waals surface area contributed by atoms with Crippen LogP contribution in [0.25, 0.3) is 0 Å². The van der Waals surface area contributed by atoms with Crippen molar-refractivity contribution in [2.75, 3.05) is 6.61 Å². The molecule has 0 saturated heterocycles. The second kappa shape index (κ2) is 7.08. The first-order valence-electron chi connectivity index (χ1n) is 6.61. The van der Waals surface area contributed by atoms with Crippen LogP contribution in [-0.4, -0.2) is 27.3 Å². The largest absolute Gasteiger partial charge is 0.471 e. The predicted octanol–water partition coefficient (Wildman–Crippen LogP) is 2.71. The predicted molar refractivity (Wildman–Crippen MR) is 77.4 cm³/mol. The van der Waals surface area contributed by atoms with E-state index in [1.54, 1.807) is 23.7 Å². The highest BCUT2D eigenvalue weighted by atomic mass is 35.5. The summed E-state index contributed by atoms with van der Waals surface area (Å²) in [4.78, 5) is 15.9. The number of carbonyl (C=O) groups is 1. The van der Waals surface area contributed by atoms with E-state index < -0.39 is 5.97 Å². The van der Waals surface area contributed by atoms with Gasteiger partial charge in [-0.15, -0.1) is 0 Å². The Morgan fingerprint density at radius 3 is 2.76 bits per heavy atom. The molecule has 0 aliphatic heterocycles. The Balaban J connectivity index is 2.15. The van der Waals surface area contributed by atoms with Gasteiger partial charge in [-0.05, 0) is 19.9 Å². The number of aryl methyl sites for hydroxylation is 1. The molecule has 6 nitrogen and oxygen atoms in total. The van der Waals surface area contributed by atoms with Gasteiger partial charge in [0.2, 0.25) is 5.88 Å². The molecule has 0 radical (unpaired) electrons. The van der Waals surface area contributed by atoms with E-state index in [0.717, 1.165) is 0 Å². The first kappa shape index (κ1) is 15.3. The van der Waals surface area contributed by atoms with E-state index in [-0.39, 0.29) is 6.61 Å². The molecule has 0 fully saturated rings. The first-order chi connectivity index (χ1) is 10.2. The quantitative estimate of drug-likeness (QED) is 0.768. The van der Waals surface area contributed by atoms with E-state index in [0.29, 0.717) is 35.3 Å². The number of esters is 1. The van der Waals surface area contributed by atoms with E-state index in [2.05, 4.69) is 10.1 Å². The van der Waals surface area contributed by atoms with Crippen LogP contribution in [0.2, 0.25) is 5.02 Å². The van der Waals surface area contributed by atoms with Gasteiger partial charge in [-0.3, -0.25) is 4.68 Å². The molecule has 0 atom stereocenters. The molecule has 2 aromatic rings. The summed E-state index contributed by atoms with van der Waals surface area (Å²) in [6.45, 7) is 4.82. The van der Waals surface area contributed by atoms with Crippen LogP contribution in [0.3, 0.4) is 0 Å². The van der Waals surface area contributed by atoms with E-state index in [4.69, 9.17) is 21.1 Å². The van der Waals surface area contributed by atoms with Gasteiger partial charge in [0.15, 0.2) is 0 Å².